The van der Waals surface area contributed by atoms with Gasteiger partial charge < -0.3 is 5.32 Å². The second-order valence-corrected chi connectivity index (χ2v) is 6.24. The van der Waals surface area contributed by atoms with Gasteiger partial charge in [-0.1, -0.05) is 22.3 Å². The molecule has 1 heterocycles. The Balaban J connectivity index is 2.10. The number of carbonyl (C=O) groups excluding carboxylic acids is 1. The molecule has 2 rings (SSSR count). The molecule has 2 N–H and O–H groups in total. The van der Waals surface area contributed by atoms with Crippen molar-refractivity contribution in [3.8, 4) is 0 Å². The van der Waals surface area contributed by atoms with E-state index in [1.165, 1.54) is 4.68 Å². The summed E-state index contributed by atoms with van der Waals surface area (Å²) in [4.78, 5) is 23.7. The number of hydrogen-bond donors (Lipinski definition) is 2. The van der Waals surface area contributed by atoms with Crippen LogP contribution in [0.4, 0.5) is 5.69 Å². The summed E-state index contributed by atoms with van der Waals surface area (Å²) in [5.74, 6) is -0.217. The van der Waals surface area contributed by atoms with Crippen LogP contribution in [0.15, 0.2) is 32.5 Å². The molecular weight excluding hydrogens is 314 g/mol. The minimum atomic E-state index is -0.499. The number of benzene rings is 1. The first-order valence-corrected chi connectivity index (χ1v) is 7.46. The molecule has 1 aromatic carbocycles. The number of anilines is 1. The van der Waals surface area contributed by atoms with E-state index in [4.69, 9.17) is 11.6 Å². The molecule has 21 heavy (non-hydrogen) atoms. The van der Waals surface area contributed by atoms with E-state index in [0.717, 1.165) is 17.3 Å². The molecule has 0 aliphatic heterocycles. The van der Waals surface area contributed by atoms with Gasteiger partial charge in [0.25, 0.3) is 0 Å². The van der Waals surface area contributed by atoms with Crippen LogP contribution in [0.3, 0.4) is 0 Å². The standard InChI is InChI=1S/C13H14ClN3O3S/c1-7-9(14)5-4-6-10(7)15-11(18)8(2)21-12-13(19)20-16-17(12)3/h4-6,8H,1-3H3,(H-,15,16,18,19)/p+1. The Bertz CT molecular complexity index is 726. The zero-order valence-electron chi connectivity index (χ0n) is 11.8. The van der Waals surface area contributed by atoms with E-state index in [1.807, 2.05) is 6.92 Å². The summed E-state index contributed by atoms with van der Waals surface area (Å²) in [5.41, 5.74) is 0.961. The van der Waals surface area contributed by atoms with Crippen molar-refractivity contribution >= 4 is 35.0 Å². The van der Waals surface area contributed by atoms with E-state index in [-0.39, 0.29) is 5.91 Å². The minimum Gasteiger partial charge on any atom is -0.325 e. The number of aromatic nitrogens is 2. The maximum absolute atomic E-state index is 12.2. The average Bonchev–Trinajstić information content (AvgIpc) is 2.75. The van der Waals surface area contributed by atoms with Crippen molar-refractivity contribution in [1.82, 2.24) is 5.27 Å². The summed E-state index contributed by atoms with van der Waals surface area (Å²) in [7, 11) is 1.64. The van der Waals surface area contributed by atoms with Gasteiger partial charge in [0.05, 0.1) is 5.25 Å². The topological polar surface area (TPSA) is 79.0 Å². The molecule has 1 unspecified atom stereocenters. The molecule has 1 atom stereocenters. The van der Waals surface area contributed by atoms with Crippen LogP contribution in [0.1, 0.15) is 12.5 Å². The fraction of sp³-hybridized carbons (Fsp3) is 0.308. The molecule has 0 fully saturated rings. The van der Waals surface area contributed by atoms with Crippen LogP contribution >= 0.6 is 23.4 Å². The molecule has 0 aliphatic carbocycles. The van der Waals surface area contributed by atoms with E-state index in [2.05, 4.69) is 15.1 Å². The lowest BCUT2D eigenvalue weighted by Gasteiger charge is -2.12. The van der Waals surface area contributed by atoms with Crippen molar-refractivity contribution in [3.63, 3.8) is 0 Å². The minimum absolute atomic E-state index is 0.217. The lowest BCUT2D eigenvalue weighted by molar-refractivity contribution is -0.772. The van der Waals surface area contributed by atoms with Gasteiger partial charge in [0.1, 0.15) is 0 Å². The Morgan fingerprint density at radius 1 is 1.52 bits per heavy atom. The number of H-pyrrole nitrogens is 1. The number of hydrogen-bond acceptors (Lipinski definition) is 4. The zero-order chi connectivity index (χ0) is 15.6. The number of nitrogens with zero attached hydrogens (tertiary/aromatic N) is 1. The molecule has 0 saturated carbocycles. The maximum atomic E-state index is 12.2. The summed E-state index contributed by atoms with van der Waals surface area (Å²) in [6.45, 7) is 3.54. The van der Waals surface area contributed by atoms with E-state index in [0.29, 0.717) is 15.7 Å². The molecule has 6 nitrogen and oxygen atoms in total. The van der Waals surface area contributed by atoms with E-state index in [9.17, 15) is 9.59 Å². The fourth-order valence-corrected chi connectivity index (χ4v) is 2.67. The molecule has 0 aliphatic rings. The predicted octanol–water partition coefficient (Wildman–Crippen LogP) is 1.87. The van der Waals surface area contributed by atoms with Gasteiger partial charge in [-0.05, 0) is 48.6 Å². The number of amides is 1. The first-order valence-electron chi connectivity index (χ1n) is 6.20. The number of nitrogens with one attached hydrogen (secondary N) is 2. The van der Waals surface area contributed by atoms with Crippen LogP contribution in [0.2, 0.25) is 5.02 Å². The van der Waals surface area contributed by atoms with Crippen molar-refractivity contribution in [3.05, 3.63) is 39.2 Å². The zero-order valence-corrected chi connectivity index (χ0v) is 13.3. The van der Waals surface area contributed by atoms with Crippen LogP contribution in [0, 0.1) is 6.92 Å². The van der Waals surface area contributed by atoms with Crippen molar-refractivity contribution in [1.29, 1.82) is 0 Å². The monoisotopic (exact) mass is 328 g/mol. The largest absolute Gasteiger partial charge is 0.441 e. The Hall–Kier alpha value is -1.73. The second kappa shape index (κ2) is 6.36. The quantitative estimate of drug-likeness (QED) is 0.663. The maximum Gasteiger partial charge on any atom is 0.441 e. The number of halogens is 1. The molecule has 0 bridgehead atoms. The lowest BCUT2D eigenvalue weighted by atomic mass is 10.2. The van der Waals surface area contributed by atoms with Gasteiger partial charge in [-0.2, -0.15) is 0 Å². The van der Waals surface area contributed by atoms with E-state index >= 15 is 0 Å². The second-order valence-electron chi connectivity index (χ2n) is 4.51. The Kier molecular flexibility index (Phi) is 4.74. The third kappa shape index (κ3) is 3.48. The number of thioether (sulfide) groups is 1. The number of aromatic amines is 1. The summed E-state index contributed by atoms with van der Waals surface area (Å²) in [6, 6.07) is 5.31. The van der Waals surface area contributed by atoms with Crippen LogP contribution in [-0.2, 0) is 11.8 Å². The third-order valence-corrected chi connectivity index (χ3v) is 4.58. The van der Waals surface area contributed by atoms with Gasteiger partial charge in [-0.3, -0.25) is 9.32 Å². The highest BCUT2D eigenvalue weighted by atomic mass is 35.5. The molecule has 1 aromatic heterocycles. The summed E-state index contributed by atoms with van der Waals surface area (Å²) in [5, 5.41) is 5.67. The predicted molar refractivity (Wildman–Crippen MR) is 80.6 cm³/mol. The van der Waals surface area contributed by atoms with Crippen molar-refractivity contribution in [2.45, 2.75) is 24.1 Å². The molecule has 112 valence electrons. The Morgan fingerprint density at radius 3 is 2.86 bits per heavy atom. The van der Waals surface area contributed by atoms with Gasteiger partial charge >= 0.3 is 10.7 Å². The fourth-order valence-electron chi connectivity index (χ4n) is 1.66. The molecule has 0 saturated heterocycles. The van der Waals surface area contributed by atoms with Gasteiger partial charge in [0, 0.05) is 10.7 Å². The molecule has 1 amide bonds. The first kappa shape index (κ1) is 15.7. The van der Waals surface area contributed by atoms with Crippen molar-refractivity contribution < 1.29 is 14.0 Å². The van der Waals surface area contributed by atoms with Gasteiger partial charge in [0.2, 0.25) is 5.91 Å². The van der Waals surface area contributed by atoms with Crippen LogP contribution in [0.5, 0.6) is 0 Å². The van der Waals surface area contributed by atoms with Crippen molar-refractivity contribution in [2.24, 2.45) is 7.05 Å². The Morgan fingerprint density at radius 2 is 2.24 bits per heavy atom. The smallest absolute Gasteiger partial charge is 0.325 e. The number of rotatable bonds is 4. The SMILES string of the molecule is Cc1c(Cl)cccc1NC(=O)C(C)Sc1c(=O)o[nH][n+]1C. The van der Waals surface area contributed by atoms with Crippen LogP contribution in [0.25, 0.3) is 0 Å². The summed E-state index contributed by atoms with van der Waals surface area (Å²) < 4.78 is 6.07. The molecule has 0 spiro atoms. The van der Waals surface area contributed by atoms with Crippen molar-refractivity contribution in [2.75, 3.05) is 5.32 Å². The number of aryl methyl sites for hydroxylation is 1. The molecule has 2 aromatic rings. The molecule has 0 radical (unpaired) electrons. The highest BCUT2D eigenvalue weighted by Crippen LogP contribution is 2.24. The molecule has 8 heteroatoms. The normalized spacial score (nSPS) is 12.2. The highest BCUT2D eigenvalue weighted by Gasteiger charge is 2.25. The highest BCUT2D eigenvalue weighted by molar-refractivity contribution is 8.00. The van der Waals surface area contributed by atoms with Gasteiger partial charge in [-0.15, -0.1) is 0 Å². The Labute approximate surface area is 130 Å². The van der Waals surface area contributed by atoms with Gasteiger partial charge in [-0.25, -0.2) is 4.79 Å². The number of carbonyl (C=O) groups is 1. The first-order chi connectivity index (χ1) is 9.90. The summed E-state index contributed by atoms with van der Waals surface area (Å²) >= 11 is 7.14. The summed E-state index contributed by atoms with van der Waals surface area (Å²) in [6.07, 6.45) is 0. The van der Waals surface area contributed by atoms with E-state index in [1.54, 1.807) is 32.2 Å². The van der Waals surface area contributed by atoms with Gasteiger partial charge in [0.15, 0.2) is 7.05 Å². The lowest BCUT2D eigenvalue weighted by Crippen LogP contribution is -2.35. The third-order valence-electron chi connectivity index (χ3n) is 2.94. The average molecular weight is 329 g/mol. The molecular formula is C13H15ClN3O3S+. The van der Waals surface area contributed by atoms with Crippen LogP contribution in [-0.4, -0.2) is 16.4 Å². The van der Waals surface area contributed by atoms with E-state index < -0.39 is 10.9 Å². The van der Waals surface area contributed by atoms with Crippen LogP contribution < -0.4 is 15.6 Å².